The van der Waals surface area contributed by atoms with E-state index in [0.29, 0.717) is 18.7 Å². The highest BCUT2D eigenvalue weighted by Gasteiger charge is 2.31. The molecule has 1 aromatic carbocycles. The van der Waals surface area contributed by atoms with Gasteiger partial charge in [0.15, 0.2) is 17.3 Å². The Morgan fingerprint density at radius 3 is 2.76 bits per heavy atom. The third-order valence-corrected chi connectivity index (χ3v) is 4.30. The third-order valence-electron chi connectivity index (χ3n) is 3.32. The summed E-state index contributed by atoms with van der Waals surface area (Å²) in [6, 6.07) is 7.57. The fourth-order valence-corrected chi connectivity index (χ4v) is 3.32. The molecule has 0 N–H and O–H groups in total. The number of anilines is 1. The molecule has 3 rings (SSSR count). The molecule has 2 heterocycles. The third kappa shape index (κ3) is 3.00. The molecule has 1 fully saturated rings. The van der Waals surface area contributed by atoms with Crippen molar-refractivity contribution in [3.8, 4) is 11.3 Å². The van der Waals surface area contributed by atoms with Crippen LogP contribution in [-0.2, 0) is 9.59 Å². The van der Waals surface area contributed by atoms with Crippen LogP contribution < -0.4 is 4.90 Å². The molecule has 1 unspecified atom stereocenters. The van der Waals surface area contributed by atoms with Gasteiger partial charge in [-0.15, -0.1) is 0 Å². The predicted molar refractivity (Wildman–Crippen MR) is 81.0 cm³/mol. The van der Waals surface area contributed by atoms with Crippen molar-refractivity contribution in [2.75, 3.05) is 11.4 Å². The quantitative estimate of drug-likeness (QED) is 0.872. The number of hydrogen-bond donors (Lipinski definition) is 0. The molecule has 0 radical (unpaired) electrons. The Bertz CT molecular complexity index is 652. The molecule has 108 valence electrons. The van der Waals surface area contributed by atoms with Crippen LogP contribution in [0.1, 0.15) is 13.3 Å². The van der Waals surface area contributed by atoms with E-state index in [9.17, 15) is 9.59 Å². The van der Waals surface area contributed by atoms with Crippen LogP contribution in [-0.4, -0.2) is 27.8 Å². The van der Waals surface area contributed by atoms with E-state index in [0.717, 1.165) is 11.3 Å². The van der Waals surface area contributed by atoms with Crippen LogP contribution in [0, 0.1) is 0 Å². The predicted octanol–water partition coefficient (Wildman–Crippen LogP) is 2.73. The minimum Gasteiger partial charge on any atom is -0.444 e. The van der Waals surface area contributed by atoms with Crippen molar-refractivity contribution >= 4 is 28.5 Å². The van der Waals surface area contributed by atoms with E-state index < -0.39 is 0 Å². The molecule has 0 bridgehead atoms. The van der Waals surface area contributed by atoms with Gasteiger partial charge in [0.1, 0.15) is 0 Å². The van der Waals surface area contributed by atoms with Gasteiger partial charge in [0, 0.05) is 36.4 Å². The molecule has 1 aliphatic rings. The standard InChI is InChI=1S/C15H14N2O3S/c1-10(18)21-13-6-15(19)17(8-13)12-4-2-11(3-5-12)14-7-16-9-20-14/h2-5,7,9,13H,6,8H2,1H3. The number of nitrogens with zero attached hydrogens (tertiary/aromatic N) is 2. The fraction of sp³-hybridized carbons (Fsp3) is 0.267. The molecular weight excluding hydrogens is 288 g/mol. The Balaban J connectivity index is 1.75. The van der Waals surface area contributed by atoms with E-state index in [4.69, 9.17) is 4.42 Å². The zero-order chi connectivity index (χ0) is 14.8. The number of oxazole rings is 1. The number of rotatable bonds is 3. The molecule has 0 spiro atoms. The summed E-state index contributed by atoms with van der Waals surface area (Å²) in [5, 5.41) is 0.0965. The van der Waals surface area contributed by atoms with E-state index in [1.54, 1.807) is 11.1 Å². The van der Waals surface area contributed by atoms with Gasteiger partial charge in [-0.2, -0.15) is 0 Å². The summed E-state index contributed by atoms with van der Waals surface area (Å²) < 4.78 is 5.23. The highest BCUT2D eigenvalue weighted by molar-refractivity contribution is 8.14. The van der Waals surface area contributed by atoms with Gasteiger partial charge in [-0.3, -0.25) is 9.59 Å². The zero-order valence-corrected chi connectivity index (χ0v) is 12.3. The molecule has 1 aliphatic heterocycles. The Hall–Kier alpha value is -2.08. The highest BCUT2D eigenvalue weighted by Crippen LogP contribution is 2.30. The average molecular weight is 302 g/mol. The Morgan fingerprint density at radius 1 is 1.38 bits per heavy atom. The van der Waals surface area contributed by atoms with E-state index in [1.807, 2.05) is 24.3 Å². The molecule has 1 aromatic heterocycles. The van der Waals surface area contributed by atoms with Crippen molar-refractivity contribution < 1.29 is 14.0 Å². The molecule has 0 saturated carbocycles. The lowest BCUT2D eigenvalue weighted by atomic mass is 10.1. The second kappa shape index (κ2) is 5.73. The van der Waals surface area contributed by atoms with Crippen LogP contribution in [0.4, 0.5) is 5.69 Å². The molecular formula is C15H14N2O3S. The first-order valence-corrected chi connectivity index (χ1v) is 7.48. The minimum atomic E-state index is 0.0453. The monoisotopic (exact) mass is 302 g/mol. The maximum atomic E-state index is 12.1. The van der Waals surface area contributed by atoms with Gasteiger partial charge >= 0.3 is 0 Å². The van der Waals surface area contributed by atoms with Crippen molar-refractivity contribution in [1.29, 1.82) is 0 Å². The molecule has 21 heavy (non-hydrogen) atoms. The highest BCUT2D eigenvalue weighted by atomic mass is 32.2. The van der Waals surface area contributed by atoms with E-state index in [2.05, 4.69) is 4.98 Å². The normalized spacial score (nSPS) is 18.2. The SMILES string of the molecule is CC(=O)SC1CC(=O)N(c2ccc(-c3cnco3)cc2)C1. The van der Waals surface area contributed by atoms with E-state index >= 15 is 0 Å². The number of carbonyl (C=O) groups is 2. The van der Waals surface area contributed by atoms with Gasteiger partial charge in [0.2, 0.25) is 5.91 Å². The van der Waals surface area contributed by atoms with Crippen LogP contribution in [0.3, 0.4) is 0 Å². The molecule has 2 aromatic rings. The van der Waals surface area contributed by atoms with Crippen molar-refractivity contribution in [1.82, 2.24) is 4.98 Å². The van der Waals surface area contributed by atoms with Crippen LogP contribution >= 0.6 is 11.8 Å². The van der Waals surface area contributed by atoms with Gasteiger partial charge in [-0.25, -0.2) is 4.98 Å². The number of aromatic nitrogens is 1. The largest absolute Gasteiger partial charge is 0.444 e. The second-order valence-electron chi connectivity index (χ2n) is 4.85. The molecule has 1 amide bonds. The Labute approximate surface area is 126 Å². The van der Waals surface area contributed by atoms with Crippen molar-refractivity contribution in [2.45, 2.75) is 18.6 Å². The first-order valence-electron chi connectivity index (χ1n) is 6.60. The van der Waals surface area contributed by atoms with Crippen molar-refractivity contribution in [3.05, 3.63) is 36.9 Å². The second-order valence-corrected chi connectivity index (χ2v) is 6.33. The van der Waals surface area contributed by atoms with Crippen LogP contribution in [0.2, 0.25) is 0 Å². The van der Waals surface area contributed by atoms with Gasteiger partial charge < -0.3 is 9.32 Å². The fourth-order valence-electron chi connectivity index (χ4n) is 2.40. The van der Waals surface area contributed by atoms with Crippen LogP contribution in [0.5, 0.6) is 0 Å². The summed E-state index contributed by atoms with van der Waals surface area (Å²) in [5.41, 5.74) is 1.76. The maximum absolute atomic E-state index is 12.1. The number of thioether (sulfide) groups is 1. The number of amides is 1. The summed E-state index contributed by atoms with van der Waals surface area (Å²) >= 11 is 1.24. The summed E-state index contributed by atoms with van der Waals surface area (Å²) in [4.78, 5) is 28.8. The molecule has 1 atom stereocenters. The lowest BCUT2D eigenvalue weighted by molar-refractivity contribution is -0.117. The van der Waals surface area contributed by atoms with Crippen LogP contribution in [0.15, 0.2) is 41.3 Å². The zero-order valence-electron chi connectivity index (χ0n) is 11.5. The van der Waals surface area contributed by atoms with Crippen LogP contribution in [0.25, 0.3) is 11.3 Å². The minimum absolute atomic E-state index is 0.0453. The topological polar surface area (TPSA) is 63.4 Å². The van der Waals surface area contributed by atoms with Crippen molar-refractivity contribution in [3.63, 3.8) is 0 Å². The summed E-state index contributed by atoms with van der Waals surface area (Å²) in [5.74, 6) is 0.750. The number of carbonyl (C=O) groups excluding carboxylic acids is 2. The first kappa shape index (κ1) is 13.9. The lowest BCUT2D eigenvalue weighted by Crippen LogP contribution is -2.24. The van der Waals surface area contributed by atoms with Crippen molar-refractivity contribution in [2.24, 2.45) is 0 Å². The first-order chi connectivity index (χ1) is 10.1. The lowest BCUT2D eigenvalue weighted by Gasteiger charge is -2.16. The summed E-state index contributed by atoms with van der Waals surface area (Å²) in [6.45, 7) is 2.11. The van der Waals surface area contributed by atoms with E-state index in [1.165, 1.54) is 25.1 Å². The maximum Gasteiger partial charge on any atom is 0.228 e. The molecule has 0 aliphatic carbocycles. The van der Waals surface area contributed by atoms with E-state index in [-0.39, 0.29) is 16.3 Å². The Morgan fingerprint density at radius 2 is 2.14 bits per heavy atom. The van der Waals surface area contributed by atoms with Gasteiger partial charge in [0.25, 0.3) is 0 Å². The smallest absolute Gasteiger partial charge is 0.228 e. The molecule has 1 saturated heterocycles. The summed E-state index contributed by atoms with van der Waals surface area (Å²) in [6.07, 6.45) is 3.44. The Kier molecular flexibility index (Phi) is 3.79. The molecule has 5 nitrogen and oxygen atoms in total. The number of benzene rings is 1. The van der Waals surface area contributed by atoms with Gasteiger partial charge in [0.05, 0.1) is 6.20 Å². The van der Waals surface area contributed by atoms with Gasteiger partial charge in [-0.1, -0.05) is 11.8 Å². The average Bonchev–Trinajstić information content (AvgIpc) is 3.08. The van der Waals surface area contributed by atoms with Gasteiger partial charge in [-0.05, 0) is 24.3 Å². The summed E-state index contributed by atoms with van der Waals surface area (Å²) in [7, 11) is 0. The molecule has 6 heteroatoms. The number of hydrogen-bond acceptors (Lipinski definition) is 5.